The number of fused-ring (bicyclic) bond motifs is 1. The van der Waals surface area contributed by atoms with E-state index in [-0.39, 0.29) is 12.5 Å². The van der Waals surface area contributed by atoms with Gasteiger partial charge in [-0.2, -0.15) is 0 Å². The SMILES string of the molecule is CCCC(=O)N1CCc2cc(-c3csc(NC(=O)C(=O)OCC)n3)ccc21. The van der Waals surface area contributed by atoms with Crippen LogP contribution in [0.15, 0.2) is 23.6 Å². The lowest BCUT2D eigenvalue weighted by Crippen LogP contribution is -2.28. The molecule has 0 unspecified atom stereocenters. The normalized spacial score (nSPS) is 12.6. The Morgan fingerprint density at radius 2 is 2.11 bits per heavy atom. The molecule has 2 aromatic rings. The van der Waals surface area contributed by atoms with Crippen molar-refractivity contribution in [1.82, 2.24) is 4.98 Å². The van der Waals surface area contributed by atoms with Crippen LogP contribution in [-0.4, -0.2) is 35.9 Å². The molecule has 3 rings (SSSR count). The van der Waals surface area contributed by atoms with Crippen LogP contribution < -0.4 is 10.2 Å². The number of amides is 2. The summed E-state index contributed by atoms with van der Waals surface area (Å²) in [6.45, 7) is 4.48. The Morgan fingerprint density at radius 3 is 2.85 bits per heavy atom. The third kappa shape index (κ3) is 4.16. The van der Waals surface area contributed by atoms with Gasteiger partial charge in [-0.1, -0.05) is 13.0 Å². The number of ether oxygens (including phenoxy) is 1. The van der Waals surface area contributed by atoms with Crippen molar-refractivity contribution in [3.8, 4) is 11.3 Å². The third-order valence-corrected chi connectivity index (χ3v) is 4.98. The first-order chi connectivity index (χ1) is 13.0. The van der Waals surface area contributed by atoms with Crippen molar-refractivity contribution >= 4 is 39.9 Å². The van der Waals surface area contributed by atoms with Crippen molar-refractivity contribution in [2.24, 2.45) is 0 Å². The number of thiazole rings is 1. The van der Waals surface area contributed by atoms with Gasteiger partial charge in [-0.3, -0.25) is 14.9 Å². The molecule has 27 heavy (non-hydrogen) atoms. The summed E-state index contributed by atoms with van der Waals surface area (Å²) in [5, 5.41) is 4.60. The van der Waals surface area contributed by atoms with E-state index in [2.05, 4.69) is 15.0 Å². The molecule has 1 N–H and O–H groups in total. The van der Waals surface area contributed by atoms with Gasteiger partial charge in [0, 0.05) is 29.6 Å². The maximum absolute atomic E-state index is 12.2. The summed E-state index contributed by atoms with van der Waals surface area (Å²) in [5.74, 6) is -1.61. The number of rotatable bonds is 5. The first kappa shape index (κ1) is 19.0. The lowest BCUT2D eigenvalue weighted by molar-refractivity contribution is -0.152. The molecule has 0 radical (unpaired) electrons. The van der Waals surface area contributed by atoms with Crippen LogP contribution in [0.2, 0.25) is 0 Å². The van der Waals surface area contributed by atoms with Crippen LogP contribution in [0.1, 0.15) is 32.3 Å². The number of carbonyl (C=O) groups is 3. The van der Waals surface area contributed by atoms with Crippen molar-refractivity contribution in [2.75, 3.05) is 23.4 Å². The predicted molar refractivity (Wildman–Crippen MR) is 104 cm³/mol. The molecule has 0 spiro atoms. The smallest absolute Gasteiger partial charge is 0.397 e. The van der Waals surface area contributed by atoms with E-state index < -0.39 is 11.9 Å². The molecule has 0 saturated heterocycles. The number of benzene rings is 1. The Labute approximate surface area is 161 Å². The van der Waals surface area contributed by atoms with Gasteiger partial charge in [0.25, 0.3) is 0 Å². The van der Waals surface area contributed by atoms with Crippen molar-refractivity contribution in [3.05, 3.63) is 29.1 Å². The number of hydrogen-bond donors (Lipinski definition) is 1. The number of esters is 1. The maximum Gasteiger partial charge on any atom is 0.397 e. The summed E-state index contributed by atoms with van der Waals surface area (Å²) < 4.78 is 4.66. The van der Waals surface area contributed by atoms with Crippen LogP contribution in [0, 0.1) is 0 Å². The molecule has 1 aliphatic heterocycles. The standard InChI is InChI=1S/C19H21N3O4S/c1-3-5-16(23)22-9-8-13-10-12(6-7-15(13)22)14-11-27-19(20-14)21-17(24)18(25)26-4-2/h6-7,10-11H,3-5,8-9H2,1-2H3,(H,20,21,24). The fourth-order valence-corrected chi connectivity index (χ4v) is 3.69. The lowest BCUT2D eigenvalue weighted by Gasteiger charge is -2.17. The Morgan fingerprint density at radius 1 is 1.30 bits per heavy atom. The van der Waals surface area contributed by atoms with Gasteiger partial charge in [0.2, 0.25) is 5.91 Å². The number of nitrogens with zero attached hydrogens (tertiary/aromatic N) is 2. The lowest BCUT2D eigenvalue weighted by atomic mass is 10.1. The summed E-state index contributed by atoms with van der Waals surface area (Å²) >= 11 is 1.24. The van der Waals surface area contributed by atoms with E-state index in [4.69, 9.17) is 0 Å². The second-order valence-electron chi connectivity index (χ2n) is 6.10. The van der Waals surface area contributed by atoms with Crippen molar-refractivity contribution in [3.63, 3.8) is 0 Å². The fraction of sp³-hybridized carbons (Fsp3) is 0.368. The molecule has 0 aliphatic carbocycles. The second-order valence-corrected chi connectivity index (χ2v) is 6.96. The van der Waals surface area contributed by atoms with E-state index in [0.717, 1.165) is 29.7 Å². The van der Waals surface area contributed by atoms with Gasteiger partial charge >= 0.3 is 11.9 Å². The van der Waals surface area contributed by atoms with Gasteiger partial charge in [-0.15, -0.1) is 11.3 Å². The van der Waals surface area contributed by atoms with Crippen molar-refractivity contribution < 1.29 is 19.1 Å². The molecular weight excluding hydrogens is 366 g/mol. The number of anilines is 2. The zero-order valence-electron chi connectivity index (χ0n) is 15.3. The van der Waals surface area contributed by atoms with Gasteiger partial charge in [0.15, 0.2) is 5.13 Å². The van der Waals surface area contributed by atoms with E-state index >= 15 is 0 Å². The monoisotopic (exact) mass is 387 g/mol. The first-order valence-electron chi connectivity index (χ1n) is 8.90. The maximum atomic E-state index is 12.2. The number of aromatic nitrogens is 1. The van der Waals surface area contributed by atoms with E-state index in [1.807, 2.05) is 35.4 Å². The molecule has 1 aliphatic rings. The zero-order valence-corrected chi connectivity index (χ0v) is 16.1. The molecule has 0 bridgehead atoms. The highest BCUT2D eigenvalue weighted by molar-refractivity contribution is 7.14. The van der Waals surface area contributed by atoms with Gasteiger partial charge in [0.1, 0.15) is 0 Å². The Balaban J connectivity index is 1.74. The Hall–Kier alpha value is -2.74. The van der Waals surface area contributed by atoms with E-state index in [1.165, 1.54) is 11.3 Å². The van der Waals surface area contributed by atoms with Crippen molar-refractivity contribution in [2.45, 2.75) is 33.1 Å². The molecule has 1 aromatic heterocycles. The van der Waals surface area contributed by atoms with Crippen LogP contribution in [0.3, 0.4) is 0 Å². The second kappa shape index (κ2) is 8.30. The average molecular weight is 387 g/mol. The molecule has 7 nitrogen and oxygen atoms in total. The minimum absolute atomic E-state index is 0.141. The summed E-state index contributed by atoms with van der Waals surface area (Å²) in [4.78, 5) is 41.5. The highest BCUT2D eigenvalue weighted by Crippen LogP contribution is 2.33. The minimum Gasteiger partial charge on any atom is -0.459 e. The first-order valence-corrected chi connectivity index (χ1v) is 9.78. The number of hydrogen-bond acceptors (Lipinski definition) is 6. The van der Waals surface area contributed by atoms with E-state index in [9.17, 15) is 14.4 Å². The third-order valence-electron chi connectivity index (χ3n) is 4.22. The largest absolute Gasteiger partial charge is 0.459 e. The van der Waals surface area contributed by atoms with Gasteiger partial charge in [0.05, 0.1) is 12.3 Å². The van der Waals surface area contributed by atoms with Gasteiger partial charge in [-0.25, -0.2) is 9.78 Å². The van der Waals surface area contributed by atoms with Crippen LogP contribution >= 0.6 is 11.3 Å². The molecule has 0 saturated carbocycles. The van der Waals surface area contributed by atoms with E-state index in [0.29, 0.717) is 23.8 Å². The van der Waals surface area contributed by atoms with Crippen molar-refractivity contribution in [1.29, 1.82) is 0 Å². The summed E-state index contributed by atoms with van der Waals surface area (Å²) in [6.07, 6.45) is 2.20. The van der Waals surface area contributed by atoms with Crippen LogP contribution in [-0.2, 0) is 25.5 Å². The highest BCUT2D eigenvalue weighted by atomic mass is 32.1. The predicted octanol–water partition coefficient (Wildman–Crippen LogP) is 3.00. The van der Waals surface area contributed by atoms with E-state index in [1.54, 1.807) is 6.92 Å². The molecule has 0 fully saturated rings. The van der Waals surface area contributed by atoms with Gasteiger partial charge in [-0.05, 0) is 37.5 Å². The minimum atomic E-state index is -0.927. The molecule has 2 amide bonds. The average Bonchev–Trinajstić information content (AvgIpc) is 3.28. The topological polar surface area (TPSA) is 88.6 Å². The highest BCUT2D eigenvalue weighted by Gasteiger charge is 2.24. The molecular formula is C19H21N3O4S. The molecule has 8 heteroatoms. The van der Waals surface area contributed by atoms with Gasteiger partial charge < -0.3 is 9.64 Å². The van der Waals surface area contributed by atoms with Crippen LogP contribution in [0.25, 0.3) is 11.3 Å². The summed E-state index contributed by atoms with van der Waals surface area (Å²) in [7, 11) is 0. The fourth-order valence-electron chi connectivity index (χ4n) is 2.98. The quantitative estimate of drug-likeness (QED) is 0.629. The molecule has 142 valence electrons. The molecule has 1 aromatic carbocycles. The summed E-state index contributed by atoms with van der Waals surface area (Å²) in [5.41, 5.74) is 3.69. The number of nitrogens with one attached hydrogen (secondary N) is 1. The number of carbonyl (C=O) groups excluding carboxylic acids is 3. The molecule has 0 atom stereocenters. The van der Waals surface area contributed by atoms with Crippen LogP contribution in [0.4, 0.5) is 10.8 Å². The summed E-state index contributed by atoms with van der Waals surface area (Å²) in [6, 6.07) is 5.89. The molecule has 2 heterocycles. The van der Waals surface area contributed by atoms with Crippen LogP contribution in [0.5, 0.6) is 0 Å². The zero-order chi connectivity index (χ0) is 19.4. The Kier molecular flexibility index (Phi) is 5.85. The Bertz CT molecular complexity index is 878.